The molecule has 8 nitrogen and oxygen atoms in total. The number of ketones is 1. The fourth-order valence-electron chi connectivity index (χ4n) is 5.39. The van der Waals surface area contributed by atoms with Gasteiger partial charge >= 0.3 is 12.1 Å². The first-order valence-electron chi connectivity index (χ1n) is 16.5. The number of ether oxygens (including phenoxy) is 3. The summed E-state index contributed by atoms with van der Waals surface area (Å²) in [6.45, 7) is 21.2. The van der Waals surface area contributed by atoms with E-state index >= 15 is 0 Å². The molecule has 1 aliphatic rings. The van der Waals surface area contributed by atoms with E-state index in [1.54, 1.807) is 32.1 Å². The number of allylic oxidation sites excluding steroid dienone is 1. The quantitative estimate of drug-likeness (QED) is 0.122. The second kappa shape index (κ2) is 17.7. The Hall–Kier alpha value is -1.43. The summed E-state index contributed by atoms with van der Waals surface area (Å²) in [5, 5.41) is 2.74. The molecule has 0 spiro atoms. The number of esters is 1. The zero-order valence-electron chi connectivity index (χ0n) is 30.3. The van der Waals surface area contributed by atoms with Gasteiger partial charge in [-0.1, -0.05) is 95.4 Å². The number of thiazole rings is 1. The predicted molar refractivity (Wildman–Crippen MR) is 198 cm³/mol. The molecule has 5 atom stereocenters. The van der Waals surface area contributed by atoms with Crippen LogP contribution in [0.15, 0.2) is 23.1 Å². The summed E-state index contributed by atoms with van der Waals surface area (Å²) < 4.78 is 22.0. The highest BCUT2D eigenvalue weighted by molar-refractivity contribution is 7.09. The molecule has 0 aromatic carbocycles. The summed E-state index contributed by atoms with van der Waals surface area (Å²) in [5.41, 5.74) is 0.538. The number of hydrogen-bond acceptors (Lipinski definition) is 9. The van der Waals surface area contributed by atoms with Crippen molar-refractivity contribution in [3.05, 3.63) is 33.8 Å². The smallest absolute Gasteiger partial charge is 0.457 e. The molecule has 13 heteroatoms. The van der Waals surface area contributed by atoms with Gasteiger partial charge in [0, 0.05) is 17.2 Å². The number of cyclic esters (lactones) is 1. The van der Waals surface area contributed by atoms with Crippen molar-refractivity contribution in [2.24, 2.45) is 17.3 Å². The fourth-order valence-corrected chi connectivity index (χ4v) is 7.56. The number of Topliss-reactive ketones (excluding diaryl/α,β-unsaturated/α-hetero) is 1. The number of alkyl halides is 3. The van der Waals surface area contributed by atoms with Crippen LogP contribution in [0, 0.1) is 24.2 Å². The van der Waals surface area contributed by atoms with E-state index in [2.05, 4.69) is 44.9 Å². The molecule has 48 heavy (non-hydrogen) atoms. The lowest BCUT2D eigenvalue weighted by molar-refractivity contribution is -0.153. The molecule has 272 valence electrons. The van der Waals surface area contributed by atoms with Gasteiger partial charge in [0.2, 0.25) is 3.79 Å². The highest BCUT2D eigenvalue weighted by Gasteiger charge is 2.49. The van der Waals surface area contributed by atoms with Crippen molar-refractivity contribution in [1.82, 2.24) is 4.98 Å². The first-order valence-corrected chi connectivity index (χ1v) is 21.4. The van der Waals surface area contributed by atoms with Crippen LogP contribution in [0.3, 0.4) is 0 Å². The third-order valence-electron chi connectivity index (χ3n) is 9.43. The van der Waals surface area contributed by atoms with Crippen LogP contribution in [-0.4, -0.2) is 59.9 Å². The maximum absolute atomic E-state index is 14.5. The van der Waals surface area contributed by atoms with E-state index < -0.39 is 60.5 Å². The van der Waals surface area contributed by atoms with Crippen LogP contribution in [0.5, 0.6) is 0 Å². The van der Waals surface area contributed by atoms with E-state index in [1.807, 2.05) is 38.3 Å². The molecule has 1 aromatic rings. The van der Waals surface area contributed by atoms with Crippen molar-refractivity contribution < 1.29 is 33.0 Å². The SMILES string of the molecule is C/C(=C\c1csc(C)n1)[C@@H]1C/C=C\CCC[C@@H](C)[C@H](OC(=O)OCC(Cl)(Cl)Cl)[C@@H](C)C(=O)C(C)(C)[C@@H](O[Si](C)(C)C(C)(C)C)CC(=O)O1. The van der Waals surface area contributed by atoms with Gasteiger partial charge in [0.25, 0.3) is 0 Å². The minimum absolute atomic E-state index is 0.131. The minimum Gasteiger partial charge on any atom is -0.457 e. The highest BCUT2D eigenvalue weighted by atomic mass is 35.6. The Bertz CT molecular complexity index is 1320. The number of rotatable bonds is 6. The van der Waals surface area contributed by atoms with Crippen molar-refractivity contribution in [3.63, 3.8) is 0 Å². The second-order valence-electron chi connectivity index (χ2n) is 15.0. The number of aryl methyl sites for hydroxylation is 1. The van der Waals surface area contributed by atoms with Gasteiger partial charge in [0.05, 0.1) is 29.1 Å². The Balaban J connectivity index is 2.55. The highest BCUT2D eigenvalue weighted by Crippen LogP contribution is 2.42. The molecule has 0 saturated heterocycles. The minimum atomic E-state index is -2.49. The van der Waals surface area contributed by atoms with Crippen molar-refractivity contribution in [2.75, 3.05) is 6.61 Å². The average molecular weight is 767 g/mol. The number of hydrogen-bond donors (Lipinski definition) is 0. The van der Waals surface area contributed by atoms with Crippen LogP contribution < -0.4 is 0 Å². The molecule has 0 bridgehead atoms. The maximum atomic E-state index is 14.5. The molecule has 0 saturated carbocycles. The standard InChI is InChI=1S/C35H54Cl3NO7SSi/c1-22-16-14-12-13-15-17-27(23(2)18-26-20-47-25(4)39-26)44-29(40)19-28(46-48(10,11)33(5,6)7)34(8,9)31(41)24(3)30(22)45-32(42)43-21-35(36,37)38/h13,15,18,20,22,24,27-28,30H,12,14,16-17,19,21H2,1-11H3/b15-13-,23-18+/t22-,24-,27+,28+,30+/m1/s1. The number of carbonyl (C=O) groups excluding carboxylic acids is 3. The van der Waals surface area contributed by atoms with E-state index in [0.29, 0.717) is 12.8 Å². The lowest BCUT2D eigenvalue weighted by Gasteiger charge is -2.44. The third kappa shape index (κ3) is 13.0. The van der Waals surface area contributed by atoms with E-state index in [1.165, 1.54) is 0 Å². The maximum Gasteiger partial charge on any atom is 0.508 e. The summed E-state index contributed by atoms with van der Waals surface area (Å²) in [4.78, 5) is 45.6. The molecule has 0 fully saturated rings. The monoisotopic (exact) mass is 765 g/mol. The van der Waals surface area contributed by atoms with Crippen LogP contribution >= 0.6 is 46.1 Å². The summed E-state index contributed by atoms with van der Waals surface area (Å²) in [6.07, 6.45) is 5.43. The van der Waals surface area contributed by atoms with Crippen LogP contribution in [0.1, 0.15) is 98.2 Å². The van der Waals surface area contributed by atoms with Crippen LogP contribution in [0.4, 0.5) is 4.79 Å². The lowest BCUT2D eigenvalue weighted by atomic mass is 9.73. The molecule has 0 radical (unpaired) electrons. The Morgan fingerprint density at radius 1 is 1.17 bits per heavy atom. The van der Waals surface area contributed by atoms with Gasteiger partial charge in [-0.05, 0) is 68.8 Å². The van der Waals surface area contributed by atoms with E-state index in [4.69, 9.17) is 53.4 Å². The van der Waals surface area contributed by atoms with Gasteiger partial charge in [-0.15, -0.1) is 11.3 Å². The summed E-state index contributed by atoms with van der Waals surface area (Å²) in [6, 6.07) is 0. The molecular weight excluding hydrogens is 713 g/mol. The Morgan fingerprint density at radius 2 is 1.81 bits per heavy atom. The third-order valence-corrected chi connectivity index (χ3v) is 15.0. The zero-order chi connectivity index (χ0) is 36.7. The van der Waals surface area contributed by atoms with E-state index in [-0.39, 0.29) is 23.2 Å². The molecular formula is C35H54Cl3NO7SSi. The summed E-state index contributed by atoms with van der Waals surface area (Å²) in [7, 11) is -2.49. The zero-order valence-corrected chi connectivity index (χ0v) is 34.4. The van der Waals surface area contributed by atoms with E-state index in [0.717, 1.165) is 29.1 Å². The van der Waals surface area contributed by atoms with Crippen LogP contribution in [0.2, 0.25) is 18.1 Å². The Morgan fingerprint density at radius 3 is 2.38 bits per heavy atom. The largest absolute Gasteiger partial charge is 0.508 e. The molecule has 1 aromatic heterocycles. The number of halogens is 3. The Kier molecular flexibility index (Phi) is 15.7. The lowest BCUT2D eigenvalue weighted by Crippen LogP contribution is -2.53. The second-order valence-corrected chi connectivity index (χ2v) is 23.3. The van der Waals surface area contributed by atoms with Crippen LogP contribution in [-0.2, 0) is 28.2 Å². The number of nitrogens with zero attached hydrogens (tertiary/aromatic N) is 1. The fraction of sp³-hybridized carbons (Fsp3) is 0.714. The summed E-state index contributed by atoms with van der Waals surface area (Å²) in [5.74, 6) is -1.63. The van der Waals surface area contributed by atoms with Crippen molar-refractivity contribution >= 4 is 78.4 Å². The number of carbonyl (C=O) groups is 3. The number of aromatic nitrogens is 1. The first-order chi connectivity index (χ1) is 21.9. The first kappa shape index (κ1) is 42.7. The van der Waals surface area contributed by atoms with E-state index in [9.17, 15) is 14.4 Å². The predicted octanol–water partition coefficient (Wildman–Crippen LogP) is 10.4. The molecule has 0 N–H and O–H groups in total. The molecule has 2 rings (SSSR count). The topological polar surface area (TPSA) is 101 Å². The van der Waals surface area contributed by atoms with Gasteiger partial charge in [-0.3, -0.25) is 9.59 Å². The summed E-state index contributed by atoms with van der Waals surface area (Å²) >= 11 is 18.9. The molecule has 0 amide bonds. The molecule has 0 unspecified atom stereocenters. The van der Waals surface area contributed by atoms with Crippen LogP contribution in [0.25, 0.3) is 6.08 Å². The van der Waals surface area contributed by atoms with Gasteiger partial charge in [0.15, 0.2) is 8.32 Å². The molecule has 2 heterocycles. The van der Waals surface area contributed by atoms with Gasteiger partial charge in [0.1, 0.15) is 24.6 Å². The van der Waals surface area contributed by atoms with Crippen molar-refractivity contribution in [2.45, 2.75) is 135 Å². The van der Waals surface area contributed by atoms with Gasteiger partial charge in [-0.25, -0.2) is 9.78 Å². The average Bonchev–Trinajstić information content (AvgIpc) is 3.37. The van der Waals surface area contributed by atoms with Crippen molar-refractivity contribution in [1.29, 1.82) is 0 Å². The van der Waals surface area contributed by atoms with Crippen molar-refractivity contribution in [3.8, 4) is 0 Å². The van der Waals surface area contributed by atoms with Gasteiger partial charge < -0.3 is 18.6 Å². The Labute approximate surface area is 307 Å². The van der Waals surface area contributed by atoms with Gasteiger partial charge in [-0.2, -0.15) is 0 Å². The molecule has 1 aliphatic heterocycles. The normalized spacial score (nSPS) is 26.5. The molecule has 0 aliphatic carbocycles.